The lowest BCUT2D eigenvalue weighted by atomic mass is 9.51. The largest absolute Gasteiger partial charge is 0.359 e. The molecule has 10 aromatic rings. The zero-order valence-corrected chi connectivity index (χ0v) is 36.2. The van der Waals surface area contributed by atoms with Gasteiger partial charge in [0.25, 0.3) is 0 Å². The Morgan fingerprint density at radius 3 is 1.33 bits per heavy atom. The van der Waals surface area contributed by atoms with E-state index < -0.39 is 17.0 Å². The Morgan fingerprint density at radius 2 is 0.773 bits per heavy atom. The molecular formula is C64H42N2. The summed E-state index contributed by atoms with van der Waals surface area (Å²) in [6, 6.07) is 83.6. The Balaban J connectivity index is 1.15. The van der Waals surface area contributed by atoms with E-state index in [9.17, 15) is 0 Å². The molecule has 308 valence electrons. The molecule has 0 bridgehead atoms. The normalized spacial score (nSPS) is 16.5. The molecule has 1 heterocycles. The van der Waals surface area contributed by atoms with Crippen molar-refractivity contribution in [1.82, 2.24) is 5.32 Å². The second kappa shape index (κ2) is 13.8. The van der Waals surface area contributed by atoms with Crippen LogP contribution < -0.4 is 5.32 Å². The fraction of sp³-hybridized carbons (Fsp3) is 0.0469. The Kier molecular flexibility index (Phi) is 7.77. The highest BCUT2D eigenvalue weighted by Crippen LogP contribution is 2.68. The van der Waals surface area contributed by atoms with Gasteiger partial charge in [-0.2, -0.15) is 0 Å². The highest BCUT2D eigenvalue weighted by Gasteiger charge is 2.60. The number of hydrogen-bond acceptors (Lipinski definition) is 2. The van der Waals surface area contributed by atoms with Crippen LogP contribution in [0, 0.1) is 0 Å². The molecule has 3 aliphatic carbocycles. The Labute approximate surface area is 384 Å². The first-order valence-corrected chi connectivity index (χ1v) is 23.0. The van der Waals surface area contributed by atoms with Crippen molar-refractivity contribution in [2.45, 2.75) is 17.0 Å². The van der Waals surface area contributed by atoms with Gasteiger partial charge in [0, 0.05) is 22.3 Å². The predicted molar refractivity (Wildman–Crippen MR) is 272 cm³/mol. The van der Waals surface area contributed by atoms with E-state index in [1.807, 2.05) is 6.08 Å². The number of allylic oxidation sites excluding steroid dienone is 2. The summed E-state index contributed by atoms with van der Waals surface area (Å²) in [4.78, 5) is 5.99. The van der Waals surface area contributed by atoms with Gasteiger partial charge in [0.2, 0.25) is 0 Å². The lowest BCUT2D eigenvalue weighted by Gasteiger charge is -2.50. The topological polar surface area (TPSA) is 24.4 Å². The smallest absolute Gasteiger partial charge is 0.145 e. The maximum absolute atomic E-state index is 5.99. The average Bonchev–Trinajstić information content (AvgIpc) is 3.85. The first-order valence-electron chi connectivity index (χ1n) is 23.0. The van der Waals surface area contributed by atoms with E-state index in [1.165, 1.54) is 82.9 Å². The van der Waals surface area contributed by atoms with Crippen LogP contribution >= 0.6 is 0 Å². The van der Waals surface area contributed by atoms with E-state index in [2.05, 4.69) is 236 Å². The number of rotatable bonds is 4. The second-order valence-electron chi connectivity index (χ2n) is 18.1. The third-order valence-corrected chi connectivity index (χ3v) is 15.2. The monoisotopic (exact) mass is 838 g/mol. The van der Waals surface area contributed by atoms with Crippen LogP contribution in [0.5, 0.6) is 0 Å². The molecule has 0 radical (unpaired) electrons. The minimum atomic E-state index is -0.674. The summed E-state index contributed by atoms with van der Waals surface area (Å²) in [5.74, 6) is 0. The minimum absolute atomic E-state index is 0.488. The van der Waals surface area contributed by atoms with Crippen molar-refractivity contribution in [3.8, 4) is 22.3 Å². The van der Waals surface area contributed by atoms with Crippen LogP contribution in [0.15, 0.2) is 248 Å². The van der Waals surface area contributed by atoms with Crippen LogP contribution in [0.3, 0.4) is 0 Å². The highest BCUT2D eigenvalue weighted by atomic mass is 15.1. The predicted octanol–water partition coefficient (Wildman–Crippen LogP) is 14.7. The van der Waals surface area contributed by atoms with Gasteiger partial charge < -0.3 is 5.32 Å². The maximum Gasteiger partial charge on any atom is 0.145 e. The molecule has 14 rings (SSSR count). The van der Waals surface area contributed by atoms with Crippen LogP contribution in [-0.2, 0) is 10.8 Å². The fourth-order valence-electron chi connectivity index (χ4n) is 12.8. The number of benzene rings is 10. The Hall–Kier alpha value is -8.33. The first kappa shape index (κ1) is 37.1. The van der Waals surface area contributed by atoms with Crippen molar-refractivity contribution in [3.63, 3.8) is 0 Å². The second-order valence-corrected chi connectivity index (χ2v) is 18.1. The van der Waals surface area contributed by atoms with Crippen molar-refractivity contribution in [2.75, 3.05) is 0 Å². The van der Waals surface area contributed by atoms with Crippen molar-refractivity contribution >= 4 is 33.0 Å². The molecule has 1 aliphatic heterocycles. The van der Waals surface area contributed by atoms with Crippen molar-refractivity contribution in [1.29, 1.82) is 0 Å². The molecule has 66 heavy (non-hydrogen) atoms. The molecule has 2 nitrogen and oxygen atoms in total. The summed E-state index contributed by atoms with van der Waals surface area (Å²) < 4.78 is 0. The third-order valence-electron chi connectivity index (χ3n) is 15.2. The van der Waals surface area contributed by atoms with E-state index >= 15 is 0 Å². The highest BCUT2D eigenvalue weighted by molar-refractivity contribution is 6.24. The number of aliphatic imine (C=N–C) groups is 1. The molecule has 2 heteroatoms. The van der Waals surface area contributed by atoms with Crippen molar-refractivity contribution < 1.29 is 0 Å². The van der Waals surface area contributed by atoms with Crippen LogP contribution in [0.25, 0.3) is 49.5 Å². The van der Waals surface area contributed by atoms with Gasteiger partial charge in [0.1, 0.15) is 6.17 Å². The standard InChI is InChI=1S/C64H42N2/c1-2-42-60(49-30-17-22-40-20-3-5-24-43(40)49)65-62(66-61(42)50-31-18-23-41-21-4-6-25-44(41)50)51-32-19-39-58-59(51)64(54-35-13-9-28-47(54)48-29-10-14-36-55(48)64)57-38-16-15-37-56(57)63(58)52-33-11-7-26-45(52)46-27-8-12-34-53(46)63/h2-39,62,65H,1H2. The zero-order valence-electron chi connectivity index (χ0n) is 36.2. The fourth-order valence-corrected chi connectivity index (χ4v) is 12.8. The van der Waals surface area contributed by atoms with E-state index in [1.54, 1.807) is 0 Å². The average molecular weight is 839 g/mol. The Bertz CT molecular complexity index is 3690. The number of hydrogen-bond donors (Lipinski definition) is 1. The Morgan fingerprint density at radius 1 is 0.379 bits per heavy atom. The third kappa shape index (κ3) is 4.67. The lowest BCUT2D eigenvalue weighted by molar-refractivity contribution is 0.592. The van der Waals surface area contributed by atoms with Crippen LogP contribution in [-0.4, -0.2) is 5.71 Å². The lowest BCUT2D eigenvalue weighted by Crippen LogP contribution is -2.45. The maximum atomic E-state index is 5.99. The molecule has 4 aliphatic rings. The van der Waals surface area contributed by atoms with E-state index in [-0.39, 0.29) is 0 Å². The summed E-state index contributed by atoms with van der Waals surface area (Å²) in [6.07, 6.45) is 1.52. The molecule has 0 amide bonds. The quantitative estimate of drug-likeness (QED) is 0.188. The van der Waals surface area contributed by atoms with Gasteiger partial charge in [-0.15, -0.1) is 0 Å². The number of fused-ring (bicyclic) bond motifs is 18. The number of nitrogens with zero attached hydrogens (tertiary/aromatic N) is 1. The molecule has 1 atom stereocenters. The molecule has 0 fully saturated rings. The van der Waals surface area contributed by atoms with E-state index in [0.717, 1.165) is 39.1 Å². The summed E-state index contributed by atoms with van der Waals surface area (Å²) in [6.45, 7) is 4.51. The zero-order chi connectivity index (χ0) is 43.6. The molecule has 0 saturated carbocycles. The molecule has 2 spiro atoms. The summed E-state index contributed by atoms with van der Waals surface area (Å²) in [5, 5.41) is 8.89. The van der Waals surface area contributed by atoms with Crippen LogP contribution in [0.1, 0.15) is 67.4 Å². The SMILES string of the molecule is C=CC1=C(c2cccc3ccccc23)NC(c2cccc3c2C2(c4ccccc4-c4ccccc42)c2ccccc2C32c3ccccc3-c3ccccc32)N=C1c1cccc2ccccc12. The minimum Gasteiger partial charge on any atom is -0.359 e. The van der Waals surface area contributed by atoms with Crippen LogP contribution in [0.2, 0.25) is 0 Å². The number of nitrogens with one attached hydrogen (secondary N) is 1. The van der Waals surface area contributed by atoms with Crippen LogP contribution in [0.4, 0.5) is 0 Å². The molecule has 0 saturated heterocycles. The van der Waals surface area contributed by atoms with Gasteiger partial charge in [0.05, 0.1) is 22.2 Å². The van der Waals surface area contributed by atoms with E-state index in [4.69, 9.17) is 4.99 Å². The molecule has 1 unspecified atom stereocenters. The molecule has 1 N–H and O–H groups in total. The van der Waals surface area contributed by atoms with Gasteiger partial charge in [0.15, 0.2) is 0 Å². The summed E-state index contributed by atoms with van der Waals surface area (Å²) in [5.41, 5.74) is 20.5. The summed E-state index contributed by atoms with van der Waals surface area (Å²) in [7, 11) is 0. The van der Waals surface area contributed by atoms with Gasteiger partial charge in [-0.25, -0.2) is 0 Å². The molecular weight excluding hydrogens is 797 g/mol. The van der Waals surface area contributed by atoms with Gasteiger partial charge in [-0.1, -0.05) is 237 Å². The molecule has 0 aromatic heterocycles. The van der Waals surface area contributed by atoms with Gasteiger partial charge in [-0.3, -0.25) is 4.99 Å². The first-order chi connectivity index (χ1) is 32.7. The van der Waals surface area contributed by atoms with Crippen molar-refractivity contribution in [2.24, 2.45) is 4.99 Å². The van der Waals surface area contributed by atoms with Gasteiger partial charge in [-0.05, 0) is 88.3 Å². The summed E-state index contributed by atoms with van der Waals surface area (Å²) >= 11 is 0. The van der Waals surface area contributed by atoms with Gasteiger partial charge >= 0.3 is 0 Å². The van der Waals surface area contributed by atoms with Crippen molar-refractivity contribution in [3.05, 3.63) is 304 Å². The molecule has 10 aromatic carbocycles. The van der Waals surface area contributed by atoms with E-state index in [0.29, 0.717) is 0 Å².